The fraction of sp³-hybridized carbons (Fsp3) is 0.292. The van der Waals surface area contributed by atoms with E-state index in [-0.39, 0.29) is 10.6 Å². The second-order valence-electron chi connectivity index (χ2n) is 8.23. The summed E-state index contributed by atoms with van der Waals surface area (Å²) in [7, 11) is 0. The highest BCUT2D eigenvalue weighted by Crippen LogP contribution is 2.33. The van der Waals surface area contributed by atoms with Gasteiger partial charge in [-0.25, -0.2) is 28.1 Å². The van der Waals surface area contributed by atoms with Crippen molar-refractivity contribution < 1.29 is 13.2 Å². The van der Waals surface area contributed by atoms with Gasteiger partial charge in [-0.2, -0.15) is 0 Å². The molecule has 4 aromatic rings. The summed E-state index contributed by atoms with van der Waals surface area (Å²) in [6, 6.07) is 8.08. The first-order valence-corrected chi connectivity index (χ1v) is 11.2. The molecule has 9 heteroatoms. The minimum atomic E-state index is -0.612. The minimum absolute atomic E-state index is 0.234. The van der Waals surface area contributed by atoms with E-state index in [0.29, 0.717) is 53.7 Å². The molecule has 0 aliphatic carbocycles. The van der Waals surface area contributed by atoms with Crippen LogP contribution in [0.1, 0.15) is 17.8 Å². The topological polar surface area (TPSA) is 55.6 Å². The minimum Gasteiger partial charge on any atom is -0.316 e. The van der Waals surface area contributed by atoms with Crippen molar-refractivity contribution in [3.8, 4) is 11.4 Å². The molecule has 1 fully saturated rings. The van der Waals surface area contributed by atoms with Gasteiger partial charge in [0.05, 0.1) is 16.8 Å². The summed E-state index contributed by atoms with van der Waals surface area (Å²) in [6.45, 7) is 2.38. The van der Waals surface area contributed by atoms with Crippen molar-refractivity contribution in [1.82, 2.24) is 24.8 Å². The highest BCUT2D eigenvalue weighted by molar-refractivity contribution is 6.33. The number of benzene rings is 2. The van der Waals surface area contributed by atoms with Gasteiger partial charge in [0.2, 0.25) is 0 Å². The van der Waals surface area contributed by atoms with Crippen LogP contribution in [0.3, 0.4) is 0 Å². The molecule has 0 radical (unpaired) electrons. The molecule has 1 saturated heterocycles. The van der Waals surface area contributed by atoms with Gasteiger partial charge >= 0.3 is 0 Å². The maximum atomic E-state index is 14.8. The van der Waals surface area contributed by atoms with Crippen LogP contribution in [0.2, 0.25) is 5.02 Å². The Morgan fingerprint density at radius 1 is 1.06 bits per heavy atom. The molecule has 0 saturated carbocycles. The molecule has 0 bridgehead atoms. The molecule has 5 nitrogen and oxygen atoms in total. The third kappa shape index (κ3) is 4.45. The van der Waals surface area contributed by atoms with E-state index >= 15 is 0 Å². The van der Waals surface area contributed by atoms with E-state index in [0.717, 1.165) is 25.6 Å². The number of fused-ring (bicyclic) bond motifs is 1. The van der Waals surface area contributed by atoms with Gasteiger partial charge in [-0.3, -0.25) is 0 Å². The Kier molecular flexibility index (Phi) is 6.03. The first-order chi connectivity index (χ1) is 16.0. The third-order valence-corrected chi connectivity index (χ3v) is 6.28. The van der Waals surface area contributed by atoms with Gasteiger partial charge < -0.3 is 9.88 Å². The molecule has 3 heterocycles. The molecule has 0 spiro atoms. The maximum absolute atomic E-state index is 14.8. The van der Waals surface area contributed by atoms with Crippen molar-refractivity contribution in [3.05, 3.63) is 76.5 Å². The maximum Gasteiger partial charge on any atom is 0.164 e. The number of imidazole rings is 1. The average molecular weight is 472 g/mol. The van der Waals surface area contributed by atoms with Gasteiger partial charge in [-0.15, -0.1) is 0 Å². The lowest BCUT2D eigenvalue weighted by Crippen LogP contribution is -2.16. The number of aromatic nitrogens is 4. The summed E-state index contributed by atoms with van der Waals surface area (Å²) in [5, 5.41) is 3.62. The van der Waals surface area contributed by atoms with Crippen molar-refractivity contribution >= 4 is 22.8 Å². The lowest BCUT2D eigenvalue weighted by molar-refractivity contribution is 0.489. The third-order valence-electron chi connectivity index (χ3n) is 5.96. The van der Waals surface area contributed by atoms with Gasteiger partial charge in [0, 0.05) is 19.0 Å². The van der Waals surface area contributed by atoms with Crippen molar-refractivity contribution in [2.75, 3.05) is 13.1 Å². The van der Waals surface area contributed by atoms with Gasteiger partial charge in [-0.05, 0) is 55.6 Å². The van der Waals surface area contributed by atoms with Crippen LogP contribution in [0.15, 0.2) is 42.6 Å². The normalized spacial score (nSPS) is 16.1. The summed E-state index contributed by atoms with van der Waals surface area (Å²) in [6.07, 6.45) is 3.28. The van der Waals surface area contributed by atoms with Crippen molar-refractivity contribution in [2.45, 2.75) is 25.8 Å². The summed E-state index contributed by atoms with van der Waals surface area (Å²) in [5.74, 6) is -0.397. The predicted octanol–water partition coefficient (Wildman–Crippen LogP) is 4.96. The highest BCUT2D eigenvalue weighted by atomic mass is 35.5. The van der Waals surface area contributed by atoms with Crippen LogP contribution in [0, 0.1) is 23.4 Å². The first kappa shape index (κ1) is 21.9. The average Bonchev–Trinajstić information content (AvgIpc) is 3.42. The smallest absolute Gasteiger partial charge is 0.164 e. The molecule has 0 unspecified atom stereocenters. The molecule has 2 aromatic carbocycles. The SMILES string of the molecule is Fc1ccc(CCc2ncc3nc(-c4c(F)cccc4Cl)n(C[C@@H]4CCNC4)c3n2)c(F)c1. The number of nitrogens with one attached hydrogen (secondary N) is 1. The van der Waals surface area contributed by atoms with Crippen LogP contribution < -0.4 is 5.32 Å². The molecular weight excluding hydrogens is 451 g/mol. The van der Waals surface area contributed by atoms with Crippen molar-refractivity contribution in [1.29, 1.82) is 0 Å². The van der Waals surface area contributed by atoms with Crippen LogP contribution >= 0.6 is 11.6 Å². The Balaban J connectivity index is 1.54. The molecule has 2 aromatic heterocycles. The van der Waals surface area contributed by atoms with E-state index in [4.69, 9.17) is 16.6 Å². The van der Waals surface area contributed by atoms with Gasteiger partial charge in [0.15, 0.2) is 5.65 Å². The van der Waals surface area contributed by atoms with Crippen LogP contribution in [-0.2, 0) is 19.4 Å². The summed E-state index contributed by atoms with van der Waals surface area (Å²) in [4.78, 5) is 13.7. The second kappa shape index (κ2) is 9.11. The Hall–Kier alpha value is -2.97. The number of aryl methyl sites for hydroxylation is 2. The number of halogens is 4. The van der Waals surface area contributed by atoms with Crippen LogP contribution in [0.5, 0.6) is 0 Å². The van der Waals surface area contributed by atoms with Gasteiger partial charge in [0.25, 0.3) is 0 Å². The summed E-state index contributed by atoms with van der Waals surface area (Å²) < 4.78 is 43.9. The molecule has 0 amide bonds. The summed E-state index contributed by atoms with van der Waals surface area (Å²) in [5.41, 5.74) is 1.75. The Labute approximate surface area is 193 Å². The molecule has 5 rings (SSSR count). The fourth-order valence-electron chi connectivity index (χ4n) is 4.25. The lowest BCUT2D eigenvalue weighted by Gasteiger charge is -2.14. The molecule has 1 aliphatic heterocycles. The molecular formula is C24H21ClF3N5. The Morgan fingerprint density at radius 3 is 2.70 bits per heavy atom. The van der Waals surface area contributed by atoms with Crippen LogP contribution in [0.25, 0.3) is 22.6 Å². The zero-order chi connectivity index (χ0) is 22.9. The Morgan fingerprint density at radius 2 is 1.94 bits per heavy atom. The molecule has 170 valence electrons. The fourth-order valence-corrected chi connectivity index (χ4v) is 4.50. The van der Waals surface area contributed by atoms with E-state index < -0.39 is 17.5 Å². The lowest BCUT2D eigenvalue weighted by atomic mass is 10.1. The number of nitrogens with zero attached hydrogens (tertiary/aromatic N) is 4. The van der Waals surface area contributed by atoms with E-state index in [1.54, 1.807) is 18.3 Å². The summed E-state index contributed by atoms with van der Waals surface area (Å²) >= 11 is 6.35. The van der Waals surface area contributed by atoms with Gasteiger partial charge in [0.1, 0.15) is 34.6 Å². The zero-order valence-electron chi connectivity index (χ0n) is 17.7. The van der Waals surface area contributed by atoms with Crippen LogP contribution in [-0.4, -0.2) is 32.6 Å². The molecule has 33 heavy (non-hydrogen) atoms. The first-order valence-electron chi connectivity index (χ1n) is 10.8. The number of rotatable bonds is 6. The monoisotopic (exact) mass is 471 g/mol. The van der Waals surface area contributed by atoms with Crippen molar-refractivity contribution in [2.24, 2.45) is 5.92 Å². The zero-order valence-corrected chi connectivity index (χ0v) is 18.4. The largest absolute Gasteiger partial charge is 0.316 e. The Bertz CT molecular complexity index is 1300. The van der Waals surface area contributed by atoms with E-state index in [2.05, 4.69) is 15.3 Å². The quantitative estimate of drug-likeness (QED) is 0.432. The molecule has 1 N–H and O–H groups in total. The standard InChI is InChI=1S/C24H21ClF3N5/c25-17-2-1-3-18(27)22(17)24-31-20-12-30-21(7-5-15-4-6-16(26)10-19(15)28)32-23(20)33(24)13-14-8-9-29-11-14/h1-4,6,10,12,14,29H,5,7-9,11,13H2/t14-/m1/s1. The molecule has 1 atom stereocenters. The van der Waals surface area contributed by atoms with E-state index in [9.17, 15) is 13.2 Å². The van der Waals surface area contributed by atoms with E-state index in [1.807, 2.05) is 4.57 Å². The van der Waals surface area contributed by atoms with Crippen molar-refractivity contribution in [3.63, 3.8) is 0 Å². The highest BCUT2D eigenvalue weighted by Gasteiger charge is 2.24. The molecule has 1 aliphatic rings. The number of hydrogen-bond donors (Lipinski definition) is 1. The number of hydrogen-bond acceptors (Lipinski definition) is 4. The van der Waals surface area contributed by atoms with E-state index in [1.165, 1.54) is 18.2 Å². The predicted molar refractivity (Wildman–Crippen MR) is 120 cm³/mol. The van der Waals surface area contributed by atoms with Crippen LogP contribution in [0.4, 0.5) is 13.2 Å². The van der Waals surface area contributed by atoms with Gasteiger partial charge in [-0.1, -0.05) is 23.7 Å². The second-order valence-corrected chi connectivity index (χ2v) is 8.64.